The Morgan fingerprint density at radius 1 is 1.43 bits per heavy atom. The Labute approximate surface area is 139 Å². The standard InChI is InChI=1S/C16H21N3O3S/c1-17-15(21)13-8-22-16(9-18(13)2)10-19(11-16)14(20)6-5-12-4-3-7-23-12/h3-7,13H,8-11H2,1-2H3,(H,17,21)/b6-5+/t13-/m0/s1. The summed E-state index contributed by atoms with van der Waals surface area (Å²) in [6.45, 7) is 2.17. The number of carbonyl (C=O) groups excluding carboxylic acids is 2. The van der Waals surface area contributed by atoms with Gasteiger partial charge in [-0.2, -0.15) is 0 Å². The number of likely N-dealkylation sites (tertiary alicyclic amines) is 1. The van der Waals surface area contributed by atoms with Crippen molar-refractivity contribution in [3.63, 3.8) is 0 Å². The van der Waals surface area contributed by atoms with E-state index in [1.807, 2.05) is 35.5 Å². The van der Waals surface area contributed by atoms with Crippen LogP contribution >= 0.6 is 11.3 Å². The number of nitrogens with one attached hydrogen (secondary N) is 1. The quantitative estimate of drug-likeness (QED) is 0.813. The van der Waals surface area contributed by atoms with Crippen LogP contribution in [0.2, 0.25) is 0 Å². The first kappa shape index (κ1) is 16.2. The van der Waals surface area contributed by atoms with Gasteiger partial charge in [-0.05, 0) is 24.6 Å². The van der Waals surface area contributed by atoms with Crippen LogP contribution in [0.4, 0.5) is 0 Å². The van der Waals surface area contributed by atoms with Gasteiger partial charge in [0.2, 0.25) is 11.8 Å². The lowest BCUT2D eigenvalue weighted by atomic mass is 9.90. The van der Waals surface area contributed by atoms with Crippen LogP contribution in [0.1, 0.15) is 4.88 Å². The number of hydrogen-bond acceptors (Lipinski definition) is 5. The third kappa shape index (κ3) is 3.31. The van der Waals surface area contributed by atoms with E-state index in [9.17, 15) is 9.59 Å². The Morgan fingerprint density at radius 3 is 2.83 bits per heavy atom. The van der Waals surface area contributed by atoms with E-state index in [1.165, 1.54) is 0 Å². The monoisotopic (exact) mass is 335 g/mol. The van der Waals surface area contributed by atoms with Crippen molar-refractivity contribution >= 4 is 29.2 Å². The van der Waals surface area contributed by atoms with Crippen LogP contribution in [0, 0.1) is 0 Å². The van der Waals surface area contributed by atoms with Gasteiger partial charge in [0.15, 0.2) is 0 Å². The summed E-state index contributed by atoms with van der Waals surface area (Å²) in [5, 5.41) is 4.64. The number of carbonyl (C=O) groups is 2. The maximum Gasteiger partial charge on any atom is 0.246 e. The molecular formula is C16H21N3O3S. The molecule has 0 unspecified atom stereocenters. The molecule has 0 aromatic carbocycles. The Morgan fingerprint density at radius 2 is 2.22 bits per heavy atom. The molecule has 0 saturated carbocycles. The predicted octanol–water partition coefficient (Wildman–Crippen LogP) is 0.419. The number of likely N-dealkylation sites (N-methyl/N-ethyl adjacent to an activating group) is 2. The van der Waals surface area contributed by atoms with Gasteiger partial charge in [0.25, 0.3) is 0 Å². The van der Waals surface area contributed by atoms with E-state index in [0.29, 0.717) is 26.2 Å². The normalized spacial score (nSPS) is 23.9. The summed E-state index contributed by atoms with van der Waals surface area (Å²) in [5.41, 5.74) is -0.328. The number of nitrogens with zero attached hydrogens (tertiary/aromatic N) is 2. The van der Waals surface area contributed by atoms with Crippen LogP contribution < -0.4 is 5.32 Å². The first-order valence-corrected chi connectivity index (χ1v) is 8.47. The van der Waals surface area contributed by atoms with E-state index < -0.39 is 0 Å². The van der Waals surface area contributed by atoms with Crippen LogP contribution in [-0.2, 0) is 14.3 Å². The number of hydrogen-bond donors (Lipinski definition) is 1. The largest absolute Gasteiger partial charge is 0.368 e. The van der Waals surface area contributed by atoms with Crippen LogP contribution in [0.15, 0.2) is 23.6 Å². The van der Waals surface area contributed by atoms with Crippen molar-refractivity contribution < 1.29 is 14.3 Å². The van der Waals surface area contributed by atoms with E-state index in [2.05, 4.69) is 5.32 Å². The zero-order valence-electron chi connectivity index (χ0n) is 13.3. The number of morpholine rings is 1. The fourth-order valence-electron chi connectivity index (χ4n) is 3.08. The molecule has 23 heavy (non-hydrogen) atoms. The van der Waals surface area contributed by atoms with E-state index >= 15 is 0 Å². The lowest BCUT2D eigenvalue weighted by molar-refractivity contribution is -0.198. The second-order valence-electron chi connectivity index (χ2n) is 6.08. The summed E-state index contributed by atoms with van der Waals surface area (Å²) in [6.07, 6.45) is 3.45. The molecule has 124 valence electrons. The van der Waals surface area contributed by atoms with Crippen molar-refractivity contribution in [1.82, 2.24) is 15.1 Å². The lowest BCUT2D eigenvalue weighted by Crippen LogP contribution is -2.73. The average molecular weight is 335 g/mol. The van der Waals surface area contributed by atoms with Crippen molar-refractivity contribution in [2.45, 2.75) is 11.6 Å². The summed E-state index contributed by atoms with van der Waals surface area (Å²) in [5.74, 6) is -0.0304. The minimum atomic E-state index is -0.328. The van der Waals surface area contributed by atoms with E-state index in [0.717, 1.165) is 4.88 Å². The summed E-state index contributed by atoms with van der Waals surface area (Å²) in [4.78, 5) is 28.8. The predicted molar refractivity (Wildman–Crippen MR) is 89.1 cm³/mol. The molecule has 0 bridgehead atoms. The van der Waals surface area contributed by atoms with Crippen molar-refractivity contribution in [3.05, 3.63) is 28.5 Å². The molecule has 1 atom stereocenters. The van der Waals surface area contributed by atoms with Gasteiger partial charge >= 0.3 is 0 Å². The van der Waals surface area contributed by atoms with Crippen molar-refractivity contribution in [2.75, 3.05) is 40.3 Å². The Balaban J connectivity index is 1.52. The van der Waals surface area contributed by atoms with Gasteiger partial charge in [0.05, 0.1) is 19.7 Å². The Kier molecular flexibility index (Phi) is 4.52. The van der Waals surface area contributed by atoms with Gasteiger partial charge < -0.3 is 15.0 Å². The van der Waals surface area contributed by atoms with Gasteiger partial charge in [-0.3, -0.25) is 14.5 Å². The molecule has 1 N–H and O–H groups in total. The first-order chi connectivity index (χ1) is 11.0. The van der Waals surface area contributed by atoms with Crippen molar-refractivity contribution in [1.29, 1.82) is 0 Å². The SMILES string of the molecule is CNC(=O)[C@@H]1COC2(CN(C(=O)/C=C/c3cccs3)C2)CN1C. The second-order valence-corrected chi connectivity index (χ2v) is 7.06. The first-order valence-electron chi connectivity index (χ1n) is 7.59. The fraction of sp³-hybridized carbons (Fsp3) is 0.500. The molecular weight excluding hydrogens is 314 g/mol. The summed E-state index contributed by atoms with van der Waals surface area (Å²) < 4.78 is 5.92. The molecule has 1 aromatic rings. The Bertz CT molecular complexity index is 608. The Hall–Kier alpha value is -1.70. The van der Waals surface area contributed by atoms with Gasteiger partial charge in [0.1, 0.15) is 11.6 Å². The molecule has 3 rings (SSSR count). The maximum atomic E-state index is 12.2. The highest BCUT2D eigenvalue weighted by atomic mass is 32.1. The minimum Gasteiger partial charge on any atom is -0.368 e. The summed E-state index contributed by atoms with van der Waals surface area (Å²) in [6, 6.07) is 3.68. The van der Waals surface area contributed by atoms with Gasteiger partial charge in [-0.1, -0.05) is 6.07 Å². The van der Waals surface area contributed by atoms with Crippen LogP contribution in [-0.4, -0.2) is 73.6 Å². The van der Waals surface area contributed by atoms with Crippen LogP contribution in [0.25, 0.3) is 6.08 Å². The summed E-state index contributed by atoms with van der Waals surface area (Å²) in [7, 11) is 3.55. The molecule has 1 aromatic heterocycles. The third-order valence-electron chi connectivity index (χ3n) is 4.37. The molecule has 1 spiro atoms. The molecule has 6 nitrogen and oxygen atoms in total. The van der Waals surface area contributed by atoms with Gasteiger partial charge in [-0.25, -0.2) is 0 Å². The molecule has 7 heteroatoms. The molecule has 2 aliphatic heterocycles. The topological polar surface area (TPSA) is 61.9 Å². The van der Waals surface area contributed by atoms with Gasteiger partial charge in [-0.15, -0.1) is 11.3 Å². The molecule has 2 aliphatic rings. The van der Waals surface area contributed by atoms with E-state index in [4.69, 9.17) is 4.74 Å². The number of ether oxygens (including phenoxy) is 1. The fourth-order valence-corrected chi connectivity index (χ4v) is 3.70. The highest BCUT2D eigenvalue weighted by Crippen LogP contribution is 2.30. The highest BCUT2D eigenvalue weighted by molar-refractivity contribution is 7.10. The molecule has 0 radical (unpaired) electrons. The molecule has 0 aliphatic carbocycles. The van der Waals surface area contributed by atoms with Crippen molar-refractivity contribution in [3.8, 4) is 0 Å². The van der Waals surface area contributed by atoms with E-state index in [-0.39, 0.29) is 23.5 Å². The number of thiophene rings is 1. The summed E-state index contributed by atoms with van der Waals surface area (Å²) >= 11 is 1.60. The zero-order chi connectivity index (χ0) is 16.4. The zero-order valence-corrected chi connectivity index (χ0v) is 14.1. The smallest absolute Gasteiger partial charge is 0.246 e. The number of amides is 2. The van der Waals surface area contributed by atoms with E-state index in [1.54, 1.807) is 29.4 Å². The molecule has 2 fully saturated rings. The van der Waals surface area contributed by atoms with Crippen LogP contribution in [0.3, 0.4) is 0 Å². The second kappa shape index (κ2) is 6.43. The third-order valence-corrected chi connectivity index (χ3v) is 5.21. The van der Waals surface area contributed by atoms with Crippen LogP contribution in [0.5, 0.6) is 0 Å². The molecule has 2 amide bonds. The minimum absolute atomic E-state index is 0.00343. The maximum absolute atomic E-state index is 12.2. The molecule has 2 saturated heterocycles. The highest BCUT2D eigenvalue weighted by Gasteiger charge is 2.50. The van der Waals surface area contributed by atoms with Gasteiger partial charge in [0, 0.05) is 24.5 Å². The van der Waals surface area contributed by atoms with Crippen molar-refractivity contribution in [2.24, 2.45) is 0 Å². The number of rotatable bonds is 3. The lowest BCUT2D eigenvalue weighted by Gasteiger charge is -2.54. The average Bonchev–Trinajstić information content (AvgIpc) is 3.02. The molecule has 3 heterocycles.